The van der Waals surface area contributed by atoms with E-state index in [1.54, 1.807) is 11.3 Å². The molecule has 106 valence electrons. The Kier molecular flexibility index (Phi) is 4.52. The highest BCUT2D eigenvalue weighted by Gasteiger charge is 2.14. The van der Waals surface area contributed by atoms with E-state index in [0.717, 1.165) is 17.0 Å². The maximum Gasteiger partial charge on any atom is 0.190 e. The van der Waals surface area contributed by atoms with E-state index in [1.165, 1.54) is 0 Å². The average Bonchev–Trinajstić information content (AvgIpc) is 2.93. The first-order chi connectivity index (χ1) is 9.61. The van der Waals surface area contributed by atoms with Gasteiger partial charge in [0, 0.05) is 16.9 Å². The van der Waals surface area contributed by atoms with E-state index in [9.17, 15) is 8.78 Å². The summed E-state index contributed by atoms with van der Waals surface area (Å²) in [4.78, 5) is 1.07. The molecular weight excluding hydrogens is 286 g/mol. The normalized spacial score (nSPS) is 11.6. The largest absolute Gasteiger partial charge is 0.487 e. The number of halogens is 2. The van der Waals surface area contributed by atoms with Crippen LogP contribution in [0.5, 0.6) is 5.75 Å². The lowest BCUT2D eigenvalue weighted by Crippen LogP contribution is -2.14. The molecular formula is C13H12F2N2O2S. The van der Waals surface area contributed by atoms with E-state index in [1.807, 2.05) is 17.5 Å². The Labute approximate surface area is 118 Å². The Bertz CT molecular complexity index is 592. The molecule has 0 saturated heterocycles. The molecule has 0 atom stereocenters. The predicted octanol–water partition coefficient (Wildman–Crippen LogP) is 2.74. The molecule has 1 aromatic carbocycles. The number of nitrogens with zero attached hydrogens (tertiary/aromatic N) is 1. The molecule has 0 fully saturated rings. The Balaban J connectivity index is 2.08. The molecule has 0 radical (unpaired) electrons. The molecule has 0 saturated carbocycles. The molecule has 0 spiro atoms. The molecule has 0 aliphatic heterocycles. The molecule has 0 aliphatic carbocycles. The molecule has 7 heteroatoms. The van der Waals surface area contributed by atoms with Crippen LogP contribution in [0, 0.1) is 11.6 Å². The summed E-state index contributed by atoms with van der Waals surface area (Å²) in [7, 11) is 0. The minimum Gasteiger partial charge on any atom is -0.487 e. The van der Waals surface area contributed by atoms with Gasteiger partial charge in [0.15, 0.2) is 23.2 Å². The Morgan fingerprint density at radius 2 is 2.05 bits per heavy atom. The first kappa shape index (κ1) is 14.3. The van der Waals surface area contributed by atoms with Crippen molar-refractivity contribution in [2.24, 2.45) is 10.9 Å². The van der Waals surface area contributed by atoms with Crippen molar-refractivity contribution in [1.82, 2.24) is 0 Å². The van der Waals surface area contributed by atoms with Gasteiger partial charge in [-0.05, 0) is 23.6 Å². The minimum atomic E-state index is -0.891. The molecule has 1 heterocycles. The zero-order valence-electron chi connectivity index (χ0n) is 10.3. The van der Waals surface area contributed by atoms with Gasteiger partial charge in [-0.15, -0.1) is 11.3 Å². The lowest BCUT2D eigenvalue weighted by Gasteiger charge is -2.09. The van der Waals surface area contributed by atoms with E-state index in [2.05, 4.69) is 5.16 Å². The molecule has 20 heavy (non-hydrogen) atoms. The Morgan fingerprint density at radius 3 is 2.60 bits per heavy atom. The fourth-order valence-corrected chi connectivity index (χ4v) is 2.30. The number of nitrogens with two attached hydrogens (primary N) is 1. The Morgan fingerprint density at radius 1 is 1.35 bits per heavy atom. The molecule has 1 aromatic heterocycles. The number of amidine groups is 1. The maximum absolute atomic E-state index is 13.7. The fraction of sp³-hybridized carbons (Fsp3) is 0.154. The number of rotatable bonds is 5. The van der Waals surface area contributed by atoms with Gasteiger partial charge in [-0.25, -0.2) is 8.78 Å². The number of benzene rings is 1. The Hall–Kier alpha value is -2.15. The van der Waals surface area contributed by atoms with Crippen LogP contribution in [0.2, 0.25) is 0 Å². The summed E-state index contributed by atoms with van der Waals surface area (Å²) in [5, 5.41) is 13.1. The summed E-state index contributed by atoms with van der Waals surface area (Å²) in [5.74, 6) is -2.61. The number of hydrogen-bond acceptors (Lipinski definition) is 4. The summed E-state index contributed by atoms with van der Waals surface area (Å²) in [5.41, 5.74) is 5.23. The smallest absolute Gasteiger partial charge is 0.190 e. The van der Waals surface area contributed by atoms with Crippen LogP contribution < -0.4 is 10.5 Å². The highest BCUT2D eigenvalue weighted by molar-refractivity contribution is 7.09. The lowest BCUT2D eigenvalue weighted by molar-refractivity contribution is 0.289. The number of ether oxygens (including phenoxy) is 1. The van der Waals surface area contributed by atoms with Crippen molar-refractivity contribution >= 4 is 17.2 Å². The van der Waals surface area contributed by atoms with Crippen molar-refractivity contribution in [3.8, 4) is 5.75 Å². The molecule has 0 unspecified atom stereocenters. The van der Waals surface area contributed by atoms with Crippen LogP contribution in [-0.2, 0) is 6.42 Å². The SMILES string of the molecule is N/C(=N/O)c1cc(F)c(OCCc2cccs2)c(F)c1. The first-order valence-electron chi connectivity index (χ1n) is 5.74. The molecule has 0 amide bonds. The van der Waals surface area contributed by atoms with E-state index in [4.69, 9.17) is 15.7 Å². The second-order valence-corrected chi connectivity index (χ2v) is 4.96. The van der Waals surface area contributed by atoms with Crippen LogP contribution in [0.1, 0.15) is 10.4 Å². The second-order valence-electron chi connectivity index (χ2n) is 3.93. The van der Waals surface area contributed by atoms with Gasteiger partial charge < -0.3 is 15.7 Å². The highest BCUT2D eigenvalue weighted by Crippen LogP contribution is 2.23. The van der Waals surface area contributed by atoms with Gasteiger partial charge in [0.25, 0.3) is 0 Å². The molecule has 4 nitrogen and oxygen atoms in total. The van der Waals surface area contributed by atoms with E-state index in [-0.39, 0.29) is 18.0 Å². The minimum absolute atomic E-state index is 0.0480. The van der Waals surface area contributed by atoms with Crippen LogP contribution in [-0.4, -0.2) is 17.6 Å². The van der Waals surface area contributed by atoms with Gasteiger partial charge in [0.1, 0.15) is 0 Å². The van der Waals surface area contributed by atoms with Crippen molar-refractivity contribution in [3.05, 3.63) is 51.7 Å². The van der Waals surface area contributed by atoms with Gasteiger partial charge in [-0.2, -0.15) is 0 Å². The van der Waals surface area contributed by atoms with Crippen LogP contribution >= 0.6 is 11.3 Å². The molecule has 2 aromatic rings. The van der Waals surface area contributed by atoms with Gasteiger partial charge in [-0.3, -0.25) is 0 Å². The van der Waals surface area contributed by atoms with Crippen molar-refractivity contribution < 1.29 is 18.7 Å². The molecule has 0 bridgehead atoms. The summed E-state index contributed by atoms with van der Waals surface area (Å²) < 4.78 is 32.6. The second kappa shape index (κ2) is 6.33. The summed E-state index contributed by atoms with van der Waals surface area (Å²) in [6.07, 6.45) is 0.568. The number of oxime groups is 1. The van der Waals surface area contributed by atoms with Crippen LogP contribution in [0.15, 0.2) is 34.8 Å². The topological polar surface area (TPSA) is 67.8 Å². The fourth-order valence-electron chi connectivity index (χ4n) is 1.61. The maximum atomic E-state index is 13.7. The molecule has 2 rings (SSSR count). The third-order valence-corrected chi connectivity index (χ3v) is 3.51. The zero-order chi connectivity index (χ0) is 14.5. The average molecular weight is 298 g/mol. The summed E-state index contributed by atoms with van der Waals surface area (Å²) >= 11 is 1.55. The van der Waals surface area contributed by atoms with Gasteiger partial charge in [-0.1, -0.05) is 11.2 Å². The third kappa shape index (κ3) is 3.24. The van der Waals surface area contributed by atoms with Crippen molar-refractivity contribution in [3.63, 3.8) is 0 Å². The van der Waals surface area contributed by atoms with Gasteiger partial charge in [0.2, 0.25) is 0 Å². The number of thiophene rings is 1. The zero-order valence-corrected chi connectivity index (χ0v) is 11.2. The van der Waals surface area contributed by atoms with Crippen molar-refractivity contribution in [1.29, 1.82) is 0 Å². The standard InChI is InChI=1S/C13H12F2N2O2S/c14-10-6-8(13(16)17-18)7-11(15)12(10)19-4-3-9-2-1-5-20-9/h1-2,5-7,18H,3-4H2,(H2,16,17). The first-order valence-corrected chi connectivity index (χ1v) is 6.62. The van der Waals surface area contributed by atoms with E-state index in [0.29, 0.717) is 6.42 Å². The van der Waals surface area contributed by atoms with Gasteiger partial charge >= 0.3 is 0 Å². The molecule has 0 aliphatic rings. The van der Waals surface area contributed by atoms with Crippen molar-refractivity contribution in [2.75, 3.05) is 6.61 Å². The van der Waals surface area contributed by atoms with Crippen LogP contribution in [0.25, 0.3) is 0 Å². The monoisotopic (exact) mass is 298 g/mol. The highest BCUT2D eigenvalue weighted by atomic mass is 32.1. The quantitative estimate of drug-likeness (QED) is 0.386. The van der Waals surface area contributed by atoms with Crippen LogP contribution in [0.3, 0.4) is 0 Å². The van der Waals surface area contributed by atoms with E-state index < -0.39 is 17.4 Å². The predicted molar refractivity (Wildman–Crippen MR) is 72.4 cm³/mol. The molecule has 3 N–H and O–H groups in total. The summed E-state index contributed by atoms with van der Waals surface area (Å²) in [6.45, 7) is 0.164. The van der Waals surface area contributed by atoms with Crippen LogP contribution in [0.4, 0.5) is 8.78 Å². The number of hydrogen-bond donors (Lipinski definition) is 2. The lowest BCUT2D eigenvalue weighted by atomic mass is 10.2. The van der Waals surface area contributed by atoms with Crippen molar-refractivity contribution in [2.45, 2.75) is 6.42 Å². The third-order valence-electron chi connectivity index (χ3n) is 2.58. The summed E-state index contributed by atoms with van der Waals surface area (Å²) in [6, 6.07) is 5.73. The van der Waals surface area contributed by atoms with E-state index >= 15 is 0 Å². The van der Waals surface area contributed by atoms with Gasteiger partial charge in [0.05, 0.1) is 6.61 Å².